The van der Waals surface area contributed by atoms with E-state index in [-0.39, 0.29) is 6.42 Å². The lowest BCUT2D eigenvalue weighted by molar-refractivity contribution is -0.120. The van der Waals surface area contributed by atoms with Gasteiger partial charge in [0.05, 0.1) is 12.8 Å². The Hall–Kier alpha value is -4.05. The first kappa shape index (κ1) is 26.6. The number of aryl methyl sites for hydroxylation is 2. The first-order valence-corrected chi connectivity index (χ1v) is 12.7. The Morgan fingerprint density at radius 1 is 0.944 bits per heavy atom. The molecule has 0 radical (unpaired) electrons. The highest BCUT2D eigenvalue weighted by Crippen LogP contribution is 2.20. The number of urea groups is 1. The summed E-state index contributed by atoms with van der Waals surface area (Å²) >= 11 is 0. The molecule has 3 aromatic rings. The maximum absolute atomic E-state index is 13.4. The van der Waals surface area contributed by atoms with E-state index in [1.54, 1.807) is 50.6 Å². The predicted octanol–water partition coefficient (Wildman–Crippen LogP) is 3.54. The number of carbonyl (C=O) groups excluding carboxylic acids is 2. The molecule has 0 saturated carbocycles. The Kier molecular flexibility index (Phi) is 8.55. The van der Waals surface area contributed by atoms with Crippen LogP contribution in [0.15, 0.2) is 72.8 Å². The molecule has 3 aromatic carbocycles. The van der Waals surface area contributed by atoms with Gasteiger partial charge in [0, 0.05) is 19.2 Å². The maximum atomic E-state index is 13.4. The lowest BCUT2D eigenvalue weighted by atomic mass is 10.0. The number of methoxy groups -OCH3 is 1. The fourth-order valence-electron chi connectivity index (χ4n) is 3.74. The second-order valence-electron chi connectivity index (χ2n) is 8.39. The SMILES string of the molecule is COc1ccc(N(C)C(=O)[C@H](Cc2ccccc2)NC(=O)NS(=O)(=O)Nc2cc(C)cc(C)c2)cc1. The number of nitrogens with one attached hydrogen (secondary N) is 3. The molecule has 0 aliphatic carbocycles. The van der Waals surface area contributed by atoms with Gasteiger partial charge in [-0.3, -0.25) is 9.52 Å². The van der Waals surface area contributed by atoms with Crippen molar-refractivity contribution in [1.29, 1.82) is 0 Å². The molecule has 0 spiro atoms. The predicted molar refractivity (Wildman–Crippen MR) is 140 cm³/mol. The standard InChI is InChI=1S/C26H30N4O5S/c1-18-14-19(2)16-21(15-18)28-36(33,34)29-26(32)27-24(17-20-8-6-5-7-9-20)25(31)30(3)22-10-12-23(35-4)13-11-22/h5-16,24,28H,17H2,1-4H3,(H2,27,29,32)/t24-/m0/s1. The minimum absolute atomic E-state index is 0.165. The number of rotatable bonds is 9. The van der Waals surface area contributed by atoms with Gasteiger partial charge in [-0.15, -0.1) is 0 Å². The summed E-state index contributed by atoms with van der Waals surface area (Å²) in [6, 6.07) is 19.1. The lowest BCUT2D eigenvalue weighted by Crippen LogP contribution is -2.53. The van der Waals surface area contributed by atoms with Gasteiger partial charge in [0.25, 0.3) is 0 Å². The van der Waals surface area contributed by atoms with Crippen LogP contribution in [-0.4, -0.2) is 40.6 Å². The number of carbonyl (C=O) groups is 2. The van der Waals surface area contributed by atoms with E-state index >= 15 is 0 Å². The summed E-state index contributed by atoms with van der Waals surface area (Å²) in [5, 5.41) is 2.52. The minimum atomic E-state index is -4.24. The molecule has 3 N–H and O–H groups in total. The van der Waals surface area contributed by atoms with Crippen LogP contribution in [0.25, 0.3) is 0 Å². The van der Waals surface area contributed by atoms with E-state index in [1.807, 2.05) is 55.0 Å². The van der Waals surface area contributed by atoms with Gasteiger partial charge in [-0.2, -0.15) is 8.42 Å². The van der Waals surface area contributed by atoms with Gasteiger partial charge in [0.2, 0.25) is 5.91 Å². The van der Waals surface area contributed by atoms with Crippen molar-refractivity contribution in [3.8, 4) is 5.75 Å². The Labute approximate surface area is 211 Å². The molecule has 190 valence electrons. The highest BCUT2D eigenvalue weighted by atomic mass is 32.2. The normalized spacial score (nSPS) is 11.8. The first-order valence-electron chi connectivity index (χ1n) is 11.2. The molecular formula is C26H30N4O5S. The molecule has 0 aliphatic heterocycles. The van der Waals surface area contributed by atoms with Crippen LogP contribution >= 0.6 is 0 Å². The van der Waals surface area contributed by atoms with Crippen molar-refractivity contribution < 1.29 is 22.7 Å². The van der Waals surface area contributed by atoms with Crippen molar-refractivity contribution in [2.24, 2.45) is 0 Å². The summed E-state index contributed by atoms with van der Waals surface area (Å²) < 4.78 is 34.6. The van der Waals surface area contributed by atoms with Crippen molar-refractivity contribution in [3.63, 3.8) is 0 Å². The van der Waals surface area contributed by atoms with Crippen LogP contribution < -0.4 is 24.4 Å². The molecular weight excluding hydrogens is 480 g/mol. The monoisotopic (exact) mass is 510 g/mol. The molecule has 36 heavy (non-hydrogen) atoms. The average molecular weight is 511 g/mol. The molecule has 0 aromatic heterocycles. The van der Waals surface area contributed by atoms with Crippen LogP contribution in [0.4, 0.5) is 16.2 Å². The molecule has 3 rings (SSSR count). The van der Waals surface area contributed by atoms with Crippen molar-refractivity contribution in [3.05, 3.63) is 89.5 Å². The van der Waals surface area contributed by atoms with Gasteiger partial charge in [-0.1, -0.05) is 36.4 Å². The number of benzene rings is 3. The Morgan fingerprint density at radius 2 is 1.56 bits per heavy atom. The van der Waals surface area contributed by atoms with Crippen LogP contribution in [0.1, 0.15) is 16.7 Å². The fourth-order valence-corrected chi connectivity index (χ4v) is 4.52. The van der Waals surface area contributed by atoms with E-state index < -0.39 is 28.2 Å². The zero-order valence-electron chi connectivity index (χ0n) is 20.6. The molecule has 0 heterocycles. The van der Waals surface area contributed by atoms with Crippen molar-refractivity contribution in [2.45, 2.75) is 26.3 Å². The van der Waals surface area contributed by atoms with Crippen LogP contribution in [-0.2, 0) is 21.4 Å². The first-order chi connectivity index (χ1) is 17.1. The van der Waals surface area contributed by atoms with Crippen LogP contribution in [0, 0.1) is 13.8 Å². The summed E-state index contributed by atoms with van der Waals surface area (Å²) in [6.45, 7) is 3.67. The van der Waals surface area contributed by atoms with Gasteiger partial charge in [-0.25, -0.2) is 9.52 Å². The number of likely N-dealkylation sites (N-methyl/N-ethyl adjacent to an activating group) is 1. The highest BCUT2D eigenvalue weighted by molar-refractivity contribution is 7.91. The lowest BCUT2D eigenvalue weighted by Gasteiger charge is -2.25. The van der Waals surface area contributed by atoms with Crippen molar-refractivity contribution in [1.82, 2.24) is 10.0 Å². The third kappa shape index (κ3) is 7.47. The Bertz CT molecular complexity index is 1290. The van der Waals surface area contributed by atoms with Gasteiger partial charge in [0.1, 0.15) is 11.8 Å². The average Bonchev–Trinajstić information content (AvgIpc) is 2.82. The van der Waals surface area contributed by atoms with Gasteiger partial charge >= 0.3 is 16.2 Å². The molecule has 9 nitrogen and oxygen atoms in total. The summed E-state index contributed by atoms with van der Waals surface area (Å²) in [7, 11) is -1.11. The van der Waals surface area contributed by atoms with E-state index in [2.05, 4.69) is 10.0 Å². The van der Waals surface area contributed by atoms with E-state index in [4.69, 9.17) is 4.74 Å². The third-order valence-electron chi connectivity index (χ3n) is 5.38. The summed E-state index contributed by atoms with van der Waals surface area (Å²) in [4.78, 5) is 27.5. The minimum Gasteiger partial charge on any atom is -0.497 e. The Morgan fingerprint density at radius 3 is 2.14 bits per heavy atom. The van der Waals surface area contributed by atoms with E-state index in [1.165, 1.54) is 4.90 Å². The number of ether oxygens (including phenoxy) is 1. The quantitative estimate of drug-likeness (QED) is 0.407. The number of hydrogen-bond acceptors (Lipinski definition) is 5. The number of anilines is 2. The maximum Gasteiger partial charge on any atom is 0.330 e. The second-order valence-corrected chi connectivity index (χ2v) is 9.81. The van der Waals surface area contributed by atoms with Crippen LogP contribution in [0.3, 0.4) is 0 Å². The molecule has 0 unspecified atom stereocenters. The number of nitrogens with zero attached hydrogens (tertiary/aromatic N) is 1. The zero-order chi connectivity index (χ0) is 26.3. The van der Waals surface area contributed by atoms with Gasteiger partial charge < -0.3 is 15.0 Å². The second kappa shape index (κ2) is 11.6. The molecule has 1 atom stereocenters. The molecule has 0 aliphatic rings. The topological polar surface area (TPSA) is 117 Å². The molecule has 0 saturated heterocycles. The fraction of sp³-hybridized carbons (Fsp3) is 0.231. The summed E-state index contributed by atoms with van der Waals surface area (Å²) in [5.74, 6) is 0.221. The van der Waals surface area contributed by atoms with Gasteiger partial charge in [-0.05, 0) is 66.9 Å². The summed E-state index contributed by atoms with van der Waals surface area (Å²) in [5.41, 5.74) is 3.45. The van der Waals surface area contributed by atoms with Crippen LogP contribution in [0.5, 0.6) is 5.75 Å². The number of hydrogen-bond donors (Lipinski definition) is 3. The largest absolute Gasteiger partial charge is 0.497 e. The molecule has 0 fully saturated rings. The zero-order valence-corrected chi connectivity index (χ0v) is 21.4. The number of amides is 3. The Balaban J connectivity index is 1.76. The van der Waals surface area contributed by atoms with Crippen molar-refractivity contribution >= 4 is 33.5 Å². The smallest absolute Gasteiger partial charge is 0.330 e. The third-order valence-corrected chi connectivity index (χ3v) is 6.34. The molecule has 10 heteroatoms. The summed E-state index contributed by atoms with van der Waals surface area (Å²) in [6.07, 6.45) is 0.165. The van der Waals surface area contributed by atoms with E-state index in [0.29, 0.717) is 17.1 Å². The van der Waals surface area contributed by atoms with Crippen LogP contribution in [0.2, 0.25) is 0 Å². The molecule has 3 amide bonds. The molecule has 0 bridgehead atoms. The van der Waals surface area contributed by atoms with E-state index in [0.717, 1.165) is 16.7 Å². The van der Waals surface area contributed by atoms with Crippen molar-refractivity contribution in [2.75, 3.05) is 23.8 Å². The van der Waals surface area contributed by atoms with Gasteiger partial charge in [0.15, 0.2) is 0 Å². The van der Waals surface area contributed by atoms with E-state index in [9.17, 15) is 18.0 Å². The highest BCUT2D eigenvalue weighted by Gasteiger charge is 2.27.